The fraction of sp³-hybridized carbons (Fsp3) is 0.357. The normalized spacial score (nSPS) is 12.3. The van der Waals surface area contributed by atoms with Crippen LogP contribution in [0.5, 0.6) is 5.75 Å². The van der Waals surface area contributed by atoms with Crippen molar-refractivity contribution in [1.82, 2.24) is 15.1 Å². The molecule has 2 rings (SSSR count). The summed E-state index contributed by atoms with van der Waals surface area (Å²) >= 11 is 0. The van der Waals surface area contributed by atoms with E-state index >= 15 is 0 Å². The van der Waals surface area contributed by atoms with E-state index < -0.39 is 6.10 Å². The van der Waals surface area contributed by atoms with Gasteiger partial charge in [-0.05, 0) is 23.8 Å². The Morgan fingerprint density at radius 2 is 2.16 bits per heavy atom. The lowest BCUT2D eigenvalue weighted by molar-refractivity contribution is 0.174. The minimum atomic E-state index is -0.511. The highest BCUT2D eigenvalue weighted by Crippen LogP contribution is 2.16. The molecule has 0 amide bonds. The highest BCUT2D eigenvalue weighted by molar-refractivity contribution is 5.28. The fourth-order valence-corrected chi connectivity index (χ4v) is 1.81. The van der Waals surface area contributed by atoms with Crippen molar-refractivity contribution in [3.63, 3.8) is 0 Å². The summed E-state index contributed by atoms with van der Waals surface area (Å²) in [4.78, 5) is 0. The van der Waals surface area contributed by atoms with Crippen LogP contribution in [0.4, 0.5) is 0 Å². The second kappa shape index (κ2) is 6.92. The van der Waals surface area contributed by atoms with E-state index in [0.717, 1.165) is 24.4 Å². The minimum absolute atomic E-state index is 0.511. The number of rotatable bonds is 7. The van der Waals surface area contributed by atoms with Gasteiger partial charge in [0.2, 0.25) is 0 Å². The van der Waals surface area contributed by atoms with Gasteiger partial charge < -0.3 is 15.2 Å². The lowest BCUT2D eigenvalue weighted by atomic mass is 10.1. The second-order valence-corrected chi connectivity index (χ2v) is 4.26. The zero-order chi connectivity index (χ0) is 13.5. The van der Waals surface area contributed by atoms with Crippen molar-refractivity contribution in [3.8, 4) is 5.75 Å². The predicted molar refractivity (Wildman–Crippen MR) is 73.1 cm³/mol. The van der Waals surface area contributed by atoms with Gasteiger partial charge in [-0.1, -0.05) is 12.1 Å². The standard InChI is InChI=1S/C14H19N3O2/c1-19-13-5-3-12(4-6-13)14(18)11-15-8-10-17-9-2-7-16-17/h2-7,9,14-15,18H,8,10-11H2,1H3. The number of nitrogens with zero attached hydrogens (tertiary/aromatic N) is 2. The molecular weight excluding hydrogens is 242 g/mol. The summed E-state index contributed by atoms with van der Waals surface area (Å²) in [7, 11) is 1.63. The molecule has 0 spiro atoms. The molecule has 0 fully saturated rings. The van der Waals surface area contributed by atoms with Gasteiger partial charge in [-0.15, -0.1) is 0 Å². The Labute approximate surface area is 112 Å². The van der Waals surface area contributed by atoms with Gasteiger partial charge in [0, 0.05) is 25.5 Å². The van der Waals surface area contributed by atoms with Crippen molar-refractivity contribution in [2.24, 2.45) is 0 Å². The van der Waals surface area contributed by atoms with Gasteiger partial charge in [0.15, 0.2) is 0 Å². The van der Waals surface area contributed by atoms with Gasteiger partial charge in [0.1, 0.15) is 5.75 Å². The topological polar surface area (TPSA) is 59.3 Å². The maximum Gasteiger partial charge on any atom is 0.118 e. The number of aliphatic hydroxyl groups excluding tert-OH is 1. The number of benzene rings is 1. The molecule has 2 N–H and O–H groups in total. The summed E-state index contributed by atoms with van der Waals surface area (Å²) in [5, 5.41) is 17.3. The SMILES string of the molecule is COc1ccc(C(O)CNCCn2cccn2)cc1. The van der Waals surface area contributed by atoms with E-state index in [1.165, 1.54) is 0 Å². The van der Waals surface area contributed by atoms with Crippen molar-refractivity contribution in [2.75, 3.05) is 20.2 Å². The molecule has 102 valence electrons. The van der Waals surface area contributed by atoms with Crippen LogP contribution >= 0.6 is 0 Å². The molecule has 1 aromatic heterocycles. The Morgan fingerprint density at radius 3 is 2.79 bits per heavy atom. The third kappa shape index (κ3) is 4.08. The molecule has 1 atom stereocenters. The molecule has 0 aliphatic heterocycles. The molecule has 1 unspecified atom stereocenters. The van der Waals surface area contributed by atoms with Crippen LogP contribution in [-0.2, 0) is 6.54 Å². The third-order valence-corrected chi connectivity index (χ3v) is 2.92. The van der Waals surface area contributed by atoms with E-state index in [1.54, 1.807) is 13.3 Å². The lowest BCUT2D eigenvalue weighted by Gasteiger charge is -2.12. The van der Waals surface area contributed by atoms with Crippen LogP contribution in [0.3, 0.4) is 0 Å². The van der Waals surface area contributed by atoms with Crippen LogP contribution < -0.4 is 10.1 Å². The average Bonchev–Trinajstić information content (AvgIpc) is 2.96. The first-order valence-electron chi connectivity index (χ1n) is 6.30. The van der Waals surface area contributed by atoms with Crippen LogP contribution in [0.2, 0.25) is 0 Å². The van der Waals surface area contributed by atoms with E-state index in [9.17, 15) is 5.11 Å². The smallest absolute Gasteiger partial charge is 0.118 e. The monoisotopic (exact) mass is 261 g/mol. The van der Waals surface area contributed by atoms with Gasteiger partial charge >= 0.3 is 0 Å². The number of nitrogens with one attached hydrogen (secondary N) is 1. The van der Waals surface area contributed by atoms with Gasteiger partial charge in [-0.2, -0.15) is 5.10 Å². The molecule has 5 heteroatoms. The third-order valence-electron chi connectivity index (χ3n) is 2.92. The van der Waals surface area contributed by atoms with Crippen LogP contribution in [-0.4, -0.2) is 35.1 Å². The first-order chi connectivity index (χ1) is 9.29. The molecule has 1 aromatic carbocycles. The Morgan fingerprint density at radius 1 is 1.37 bits per heavy atom. The second-order valence-electron chi connectivity index (χ2n) is 4.26. The lowest BCUT2D eigenvalue weighted by Crippen LogP contribution is -2.25. The number of methoxy groups -OCH3 is 1. The van der Waals surface area contributed by atoms with E-state index in [-0.39, 0.29) is 0 Å². The van der Waals surface area contributed by atoms with Gasteiger partial charge in [-0.3, -0.25) is 4.68 Å². The van der Waals surface area contributed by atoms with Crippen molar-refractivity contribution in [2.45, 2.75) is 12.6 Å². The maximum absolute atomic E-state index is 10.0. The van der Waals surface area contributed by atoms with Crippen molar-refractivity contribution < 1.29 is 9.84 Å². The zero-order valence-electron chi connectivity index (χ0n) is 11.0. The average molecular weight is 261 g/mol. The van der Waals surface area contributed by atoms with Crippen LogP contribution in [0.25, 0.3) is 0 Å². The van der Waals surface area contributed by atoms with E-state index in [1.807, 2.05) is 41.2 Å². The molecule has 0 radical (unpaired) electrons. The molecule has 2 aromatic rings. The summed E-state index contributed by atoms with van der Waals surface area (Å²) in [5.74, 6) is 0.794. The van der Waals surface area contributed by atoms with Gasteiger partial charge in [-0.25, -0.2) is 0 Å². The van der Waals surface area contributed by atoms with E-state index in [2.05, 4.69) is 10.4 Å². The van der Waals surface area contributed by atoms with E-state index in [0.29, 0.717) is 6.54 Å². The van der Waals surface area contributed by atoms with Crippen molar-refractivity contribution in [1.29, 1.82) is 0 Å². The summed E-state index contributed by atoms with van der Waals surface area (Å²) in [6.07, 6.45) is 3.16. The summed E-state index contributed by atoms with van der Waals surface area (Å²) < 4.78 is 6.94. The molecule has 0 bridgehead atoms. The molecule has 0 saturated heterocycles. The Hall–Kier alpha value is -1.85. The molecule has 5 nitrogen and oxygen atoms in total. The Balaban J connectivity index is 1.72. The highest BCUT2D eigenvalue weighted by Gasteiger charge is 2.06. The van der Waals surface area contributed by atoms with Crippen molar-refractivity contribution in [3.05, 3.63) is 48.3 Å². The molecular formula is C14H19N3O2. The molecule has 1 heterocycles. The molecule has 0 saturated carbocycles. The number of ether oxygens (including phenoxy) is 1. The van der Waals surface area contributed by atoms with E-state index in [4.69, 9.17) is 4.74 Å². The van der Waals surface area contributed by atoms with Crippen LogP contribution in [0.1, 0.15) is 11.7 Å². The summed E-state index contributed by atoms with van der Waals surface area (Å²) in [6, 6.07) is 9.34. The number of aliphatic hydroxyl groups is 1. The molecule has 19 heavy (non-hydrogen) atoms. The first-order valence-corrected chi connectivity index (χ1v) is 6.30. The number of aromatic nitrogens is 2. The summed E-state index contributed by atoms with van der Waals surface area (Å²) in [6.45, 7) is 2.09. The van der Waals surface area contributed by atoms with Crippen LogP contribution in [0, 0.1) is 0 Å². The molecule has 0 aliphatic carbocycles. The number of hydrogen-bond donors (Lipinski definition) is 2. The number of hydrogen-bond acceptors (Lipinski definition) is 4. The minimum Gasteiger partial charge on any atom is -0.497 e. The Bertz CT molecular complexity index is 468. The quantitative estimate of drug-likeness (QED) is 0.736. The summed E-state index contributed by atoms with van der Waals surface area (Å²) in [5.41, 5.74) is 0.882. The van der Waals surface area contributed by atoms with Crippen LogP contribution in [0.15, 0.2) is 42.7 Å². The predicted octanol–water partition coefficient (Wildman–Crippen LogP) is 1.21. The molecule has 0 aliphatic rings. The van der Waals surface area contributed by atoms with Gasteiger partial charge in [0.05, 0.1) is 19.8 Å². The zero-order valence-corrected chi connectivity index (χ0v) is 11.0. The largest absolute Gasteiger partial charge is 0.497 e. The highest BCUT2D eigenvalue weighted by atomic mass is 16.5. The fourth-order valence-electron chi connectivity index (χ4n) is 1.81. The first kappa shape index (κ1) is 13.6. The maximum atomic E-state index is 10.0. The van der Waals surface area contributed by atoms with Crippen molar-refractivity contribution >= 4 is 0 Å². The van der Waals surface area contributed by atoms with Gasteiger partial charge in [0.25, 0.3) is 0 Å². The Kier molecular flexibility index (Phi) is 4.94.